The van der Waals surface area contributed by atoms with Crippen molar-refractivity contribution < 1.29 is 14.6 Å². The molecule has 38 heavy (non-hydrogen) atoms. The number of ether oxygens (including phenoxy) is 1. The van der Waals surface area contributed by atoms with E-state index in [0.717, 1.165) is 51.9 Å². The first-order valence-electron chi connectivity index (χ1n) is 13.0. The van der Waals surface area contributed by atoms with Gasteiger partial charge in [0.1, 0.15) is 17.1 Å². The number of amides is 1. The van der Waals surface area contributed by atoms with Gasteiger partial charge in [0, 0.05) is 31.9 Å². The number of carbonyl (C=O) groups excluding carboxylic acids is 1. The van der Waals surface area contributed by atoms with E-state index in [1.54, 1.807) is 30.3 Å². The molecular formula is C27H32ClN7O3. The van der Waals surface area contributed by atoms with Crippen LogP contribution < -0.4 is 25.2 Å². The number of nitrogens with one attached hydrogen (secondary N) is 2. The number of rotatable bonds is 7. The standard InChI is InChI=1S/C27H32ClN7O3/c1-38-22-10-8-9-21(36)23(22)24(37)30-20-12-11-18(17-19(20)28)29-25-31-26(34-13-4-2-5-14-34)33-27(32-25)35-15-6-3-7-16-35/h8-12,17,36H,2-7,13-16H2,1H3,(H,30,37)(H,29,31,32,33). The van der Waals surface area contributed by atoms with Crippen LogP contribution in [-0.2, 0) is 0 Å². The fraction of sp³-hybridized carbons (Fsp3) is 0.407. The Morgan fingerprint density at radius 1 is 0.921 bits per heavy atom. The topological polar surface area (TPSA) is 116 Å². The molecule has 10 nitrogen and oxygen atoms in total. The Labute approximate surface area is 227 Å². The van der Waals surface area contributed by atoms with E-state index in [9.17, 15) is 9.90 Å². The molecular weight excluding hydrogens is 506 g/mol. The van der Waals surface area contributed by atoms with E-state index in [0.29, 0.717) is 34.2 Å². The first-order valence-corrected chi connectivity index (χ1v) is 13.4. The molecule has 0 bridgehead atoms. The largest absolute Gasteiger partial charge is 0.507 e. The van der Waals surface area contributed by atoms with Crippen molar-refractivity contribution in [3.63, 3.8) is 0 Å². The minimum absolute atomic E-state index is 0.0361. The van der Waals surface area contributed by atoms with Crippen LogP contribution in [0.1, 0.15) is 48.9 Å². The predicted molar refractivity (Wildman–Crippen MR) is 149 cm³/mol. The molecule has 2 aliphatic heterocycles. The van der Waals surface area contributed by atoms with Crippen LogP contribution in [0.15, 0.2) is 36.4 Å². The van der Waals surface area contributed by atoms with E-state index in [1.807, 2.05) is 0 Å². The summed E-state index contributed by atoms with van der Waals surface area (Å²) in [7, 11) is 1.44. The van der Waals surface area contributed by atoms with Crippen molar-refractivity contribution in [3.05, 3.63) is 47.0 Å². The van der Waals surface area contributed by atoms with E-state index in [2.05, 4.69) is 20.4 Å². The number of hydrogen-bond donors (Lipinski definition) is 3. The monoisotopic (exact) mass is 537 g/mol. The number of aromatic nitrogens is 3. The smallest absolute Gasteiger partial charge is 0.263 e. The normalized spacial score (nSPS) is 15.7. The molecule has 2 aromatic carbocycles. The van der Waals surface area contributed by atoms with E-state index >= 15 is 0 Å². The van der Waals surface area contributed by atoms with Crippen molar-refractivity contribution in [1.29, 1.82) is 0 Å². The highest BCUT2D eigenvalue weighted by Crippen LogP contribution is 2.32. The van der Waals surface area contributed by atoms with E-state index in [-0.39, 0.29) is 17.1 Å². The molecule has 1 amide bonds. The summed E-state index contributed by atoms with van der Waals surface area (Å²) in [6.07, 6.45) is 6.96. The molecule has 0 aliphatic carbocycles. The highest BCUT2D eigenvalue weighted by molar-refractivity contribution is 6.34. The molecule has 2 fully saturated rings. The van der Waals surface area contributed by atoms with Crippen molar-refractivity contribution in [2.45, 2.75) is 38.5 Å². The lowest BCUT2D eigenvalue weighted by molar-refractivity contribution is 0.102. The molecule has 5 rings (SSSR count). The van der Waals surface area contributed by atoms with Crippen LogP contribution in [0.3, 0.4) is 0 Å². The molecule has 3 N–H and O–H groups in total. The second-order valence-corrected chi connectivity index (χ2v) is 9.89. The van der Waals surface area contributed by atoms with Crippen LogP contribution in [0.5, 0.6) is 11.5 Å². The number of carbonyl (C=O) groups is 1. The zero-order valence-corrected chi connectivity index (χ0v) is 22.2. The number of benzene rings is 2. The van der Waals surface area contributed by atoms with Crippen LogP contribution in [0.2, 0.25) is 5.02 Å². The Kier molecular flexibility index (Phi) is 7.97. The van der Waals surface area contributed by atoms with Gasteiger partial charge in [-0.15, -0.1) is 0 Å². The number of methoxy groups -OCH3 is 1. The third-order valence-electron chi connectivity index (χ3n) is 6.81. The molecule has 200 valence electrons. The zero-order valence-electron chi connectivity index (χ0n) is 21.4. The molecule has 0 spiro atoms. The number of hydrogen-bond acceptors (Lipinski definition) is 9. The lowest BCUT2D eigenvalue weighted by Gasteiger charge is -2.30. The quantitative estimate of drug-likeness (QED) is 0.373. The molecule has 1 aromatic heterocycles. The number of phenols is 1. The van der Waals surface area contributed by atoms with Gasteiger partial charge in [0.2, 0.25) is 17.8 Å². The van der Waals surface area contributed by atoms with Gasteiger partial charge in [0.15, 0.2) is 0 Å². The highest BCUT2D eigenvalue weighted by Gasteiger charge is 2.21. The fourth-order valence-corrected chi connectivity index (χ4v) is 5.03. The molecule has 3 heterocycles. The van der Waals surface area contributed by atoms with Gasteiger partial charge < -0.3 is 30.3 Å². The minimum Gasteiger partial charge on any atom is -0.507 e. The number of phenolic OH excluding ortho intramolecular Hbond substituents is 1. The second kappa shape index (κ2) is 11.7. The van der Waals surface area contributed by atoms with E-state index in [1.165, 1.54) is 26.0 Å². The lowest BCUT2D eigenvalue weighted by Crippen LogP contribution is -2.34. The number of anilines is 5. The Balaban J connectivity index is 1.37. The van der Waals surface area contributed by atoms with Gasteiger partial charge in [0.25, 0.3) is 5.91 Å². The van der Waals surface area contributed by atoms with E-state index in [4.69, 9.17) is 31.3 Å². The maximum atomic E-state index is 12.9. The van der Waals surface area contributed by atoms with Gasteiger partial charge in [0.05, 0.1) is 17.8 Å². The average Bonchev–Trinajstić information content (AvgIpc) is 2.95. The molecule has 0 radical (unpaired) electrons. The summed E-state index contributed by atoms with van der Waals surface area (Å²) in [5, 5.41) is 16.5. The second-order valence-electron chi connectivity index (χ2n) is 9.48. The summed E-state index contributed by atoms with van der Waals surface area (Å²) in [6, 6.07) is 9.81. The first kappa shape index (κ1) is 25.8. The zero-order chi connectivity index (χ0) is 26.5. The summed E-state index contributed by atoms with van der Waals surface area (Å²) in [6.45, 7) is 3.74. The SMILES string of the molecule is COc1cccc(O)c1C(=O)Nc1ccc(Nc2nc(N3CCCCC3)nc(N3CCCCC3)n2)cc1Cl. The van der Waals surface area contributed by atoms with Crippen LogP contribution in [0, 0.1) is 0 Å². The highest BCUT2D eigenvalue weighted by atomic mass is 35.5. The van der Waals surface area contributed by atoms with Crippen molar-refractivity contribution in [1.82, 2.24) is 15.0 Å². The van der Waals surface area contributed by atoms with Gasteiger partial charge in [-0.2, -0.15) is 15.0 Å². The first-order chi connectivity index (χ1) is 18.5. The maximum Gasteiger partial charge on any atom is 0.263 e. The molecule has 2 aliphatic rings. The minimum atomic E-state index is -0.530. The summed E-state index contributed by atoms with van der Waals surface area (Å²) in [5.41, 5.74) is 1.11. The summed E-state index contributed by atoms with van der Waals surface area (Å²) < 4.78 is 5.22. The lowest BCUT2D eigenvalue weighted by atomic mass is 10.1. The van der Waals surface area contributed by atoms with Crippen LogP contribution in [-0.4, -0.2) is 59.3 Å². The van der Waals surface area contributed by atoms with Crippen molar-refractivity contribution in [2.75, 3.05) is 53.7 Å². The number of nitrogens with zero attached hydrogens (tertiary/aromatic N) is 5. The molecule has 11 heteroatoms. The van der Waals surface area contributed by atoms with Crippen molar-refractivity contribution in [3.8, 4) is 11.5 Å². The Morgan fingerprint density at radius 3 is 2.13 bits per heavy atom. The van der Waals surface area contributed by atoms with Crippen molar-refractivity contribution >= 4 is 46.7 Å². The Morgan fingerprint density at radius 2 is 1.55 bits per heavy atom. The molecule has 2 saturated heterocycles. The number of piperidine rings is 2. The molecule has 3 aromatic rings. The Bertz CT molecular complexity index is 1260. The third kappa shape index (κ3) is 5.85. The van der Waals surface area contributed by atoms with Crippen molar-refractivity contribution in [2.24, 2.45) is 0 Å². The van der Waals surface area contributed by atoms with Crippen LogP contribution in [0.4, 0.5) is 29.2 Å². The number of aromatic hydroxyl groups is 1. The summed E-state index contributed by atoms with van der Waals surface area (Å²) in [5.74, 6) is 1.38. The van der Waals surface area contributed by atoms with Gasteiger partial charge in [-0.25, -0.2) is 0 Å². The van der Waals surface area contributed by atoms with Gasteiger partial charge in [-0.3, -0.25) is 4.79 Å². The summed E-state index contributed by atoms with van der Waals surface area (Å²) >= 11 is 6.53. The van der Waals surface area contributed by atoms with Gasteiger partial charge >= 0.3 is 0 Å². The Hall–Kier alpha value is -3.79. The van der Waals surface area contributed by atoms with Crippen LogP contribution in [0.25, 0.3) is 0 Å². The van der Waals surface area contributed by atoms with Gasteiger partial charge in [-0.05, 0) is 68.9 Å². The molecule has 0 atom stereocenters. The third-order valence-corrected chi connectivity index (χ3v) is 7.13. The van der Waals surface area contributed by atoms with Gasteiger partial charge in [-0.1, -0.05) is 17.7 Å². The average molecular weight is 538 g/mol. The molecule has 0 saturated carbocycles. The van der Waals surface area contributed by atoms with E-state index < -0.39 is 5.91 Å². The maximum absolute atomic E-state index is 12.9. The fourth-order valence-electron chi connectivity index (χ4n) is 4.81. The summed E-state index contributed by atoms with van der Waals surface area (Å²) in [4.78, 5) is 31.6. The number of halogens is 1. The molecule has 0 unspecified atom stereocenters. The van der Waals surface area contributed by atoms with Crippen LogP contribution >= 0.6 is 11.6 Å². The predicted octanol–water partition coefficient (Wildman–Crippen LogP) is 5.22.